The number of carbonyl (C=O) groups excluding carboxylic acids is 1. The van der Waals surface area contributed by atoms with Crippen LogP contribution in [0.5, 0.6) is 0 Å². The predicted octanol–water partition coefficient (Wildman–Crippen LogP) is 4.25. The molecular formula is C18H14Cl2N4O. The third-order valence-corrected chi connectivity index (χ3v) is 4.15. The largest absolute Gasteiger partial charge is 0.274 e. The molecule has 0 aliphatic carbocycles. The molecule has 5 nitrogen and oxygen atoms in total. The maximum Gasteiger partial charge on any atom is 0.274 e. The summed E-state index contributed by atoms with van der Waals surface area (Å²) < 4.78 is 1.70. The summed E-state index contributed by atoms with van der Waals surface area (Å²) in [5.74, 6) is -0.346. The SMILES string of the molecule is Cc1c(C(=O)NN=Cc2ccc(Cl)cc2Cl)cnn1-c1ccccc1. The van der Waals surface area contributed by atoms with Gasteiger partial charge < -0.3 is 0 Å². The quantitative estimate of drug-likeness (QED) is 0.549. The predicted molar refractivity (Wildman–Crippen MR) is 99.8 cm³/mol. The molecule has 3 aromatic rings. The van der Waals surface area contributed by atoms with Gasteiger partial charge in [0.1, 0.15) is 0 Å². The number of aromatic nitrogens is 2. The molecule has 3 rings (SSSR count). The zero-order valence-electron chi connectivity index (χ0n) is 13.3. The lowest BCUT2D eigenvalue weighted by Crippen LogP contribution is -2.18. The van der Waals surface area contributed by atoms with Crippen LogP contribution in [-0.2, 0) is 0 Å². The molecule has 126 valence electrons. The van der Waals surface area contributed by atoms with Crippen molar-refractivity contribution < 1.29 is 4.79 Å². The zero-order chi connectivity index (χ0) is 17.8. The average molecular weight is 373 g/mol. The fraction of sp³-hybridized carbons (Fsp3) is 0.0556. The first kappa shape index (κ1) is 17.2. The van der Waals surface area contributed by atoms with Crippen molar-refractivity contribution in [3.05, 3.63) is 81.6 Å². The fourth-order valence-electron chi connectivity index (χ4n) is 2.29. The Morgan fingerprint density at radius 1 is 1.20 bits per heavy atom. The second kappa shape index (κ2) is 7.51. The zero-order valence-corrected chi connectivity index (χ0v) is 14.8. The molecule has 0 unspecified atom stereocenters. The highest BCUT2D eigenvalue weighted by molar-refractivity contribution is 6.36. The number of hydrogen-bond donors (Lipinski definition) is 1. The minimum atomic E-state index is -0.346. The van der Waals surface area contributed by atoms with E-state index in [1.807, 2.05) is 37.3 Å². The van der Waals surface area contributed by atoms with Crippen molar-refractivity contribution in [2.24, 2.45) is 5.10 Å². The van der Waals surface area contributed by atoms with Gasteiger partial charge >= 0.3 is 0 Å². The Labute approximate surface area is 154 Å². The number of hydrazone groups is 1. The Kier molecular flexibility index (Phi) is 5.16. The smallest absolute Gasteiger partial charge is 0.267 e. The van der Waals surface area contributed by atoms with Gasteiger partial charge in [0, 0.05) is 10.6 Å². The Morgan fingerprint density at radius 3 is 2.68 bits per heavy atom. The van der Waals surface area contributed by atoms with Crippen LogP contribution in [0.25, 0.3) is 5.69 Å². The number of nitrogens with one attached hydrogen (secondary N) is 1. The summed E-state index contributed by atoms with van der Waals surface area (Å²) in [7, 11) is 0. The van der Waals surface area contributed by atoms with E-state index in [1.54, 1.807) is 22.9 Å². The topological polar surface area (TPSA) is 59.3 Å². The van der Waals surface area contributed by atoms with Crippen molar-refractivity contribution in [3.8, 4) is 5.69 Å². The minimum Gasteiger partial charge on any atom is -0.267 e. The minimum absolute atomic E-state index is 0.346. The lowest BCUT2D eigenvalue weighted by atomic mass is 10.2. The second-order valence-electron chi connectivity index (χ2n) is 5.26. The van der Waals surface area contributed by atoms with Crippen molar-refractivity contribution in [2.45, 2.75) is 6.92 Å². The number of rotatable bonds is 4. The summed E-state index contributed by atoms with van der Waals surface area (Å²) >= 11 is 11.9. The van der Waals surface area contributed by atoms with Crippen molar-refractivity contribution >= 4 is 35.3 Å². The lowest BCUT2D eigenvalue weighted by Gasteiger charge is -2.04. The number of benzene rings is 2. The molecule has 1 N–H and O–H groups in total. The van der Waals surface area contributed by atoms with Crippen LogP contribution in [0.1, 0.15) is 21.6 Å². The van der Waals surface area contributed by atoms with Gasteiger partial charge in [-0.3, -0.25) is 4.79 Å². The van der Waals surface area contributed by atoms with E-state index in [0.29, 0.717) is 21.2 Å². The molecular weight excluding hydrogens is 359 g/mol. The summed E-state index contributed by atoms with van der Waals surface area (Å²) in [6, 6.07) is 14.6. The lowest BCUT2D eigenvalue weighted by molar-refractivity contribution is 0.0954. The normalized spacial score (nSPS) is 11.0. The van der Waals surface area contributed by atoms with Gasteiger partial charge in [0.05, 0.1) is 34.4 Å². The van der Waals surface area contributed by atoms with E-state index in [-0.39, 0.29) is 5.91 Å². The summed E-state index contributed by atoms with van der Waals surface area (Å²) in [4.78, 5) is 12.3. The van der Waals surface area contributed by atoms with Gasteiger partial charge in [0.2, 0.25) is 0 Å². The monoisotopic (exact) mass is 372 g/mol. The molecule has 1 heterocycles. The van der Waals surface area contributed by atoms with Crippen LogP contribution in [0.2, 0.25) is 10.0 Å². The highest BCUT2D eigenvalue weighted by Crippen LogP contribution is 2.19. The average Bonchev–Trinajstić information content (AvgIpc) is 2.99. The van der Waals surface area contributed by atoms with Crippen LogP contribution in [0.15, 0.2) is 59.8 Å². The fourth-order valence-corrected chi connectivity index (χ4v) is 2.75. The molecule has 0 spiro atoms. The molecule has 0 bridgehead atoms. The van der Waals surface area contributed by atoms with Crippen molar-refractivity contribution in [2.75, 3.05) is 0 Å². The van der Waals surface area contributed by atoms with Gasteiger partial charge in [-0.05, 0) is 31.2 Å². The molecule has 1 amide bonds. The van der Waals surface area contributed by atoms with E-state index in [1.165, 1.54) is 12.4 Å². The molecule has 0 saturated carbocycles. The van der Waals surface area contributed by atoms with Crippen molar-refractivity contribution in [1.82, 2.24) is 15.2 Å². The Bertz CT molecular complexity index is 936. The first-order valence-corrected chi connectivity index (χ1v) is 8.20. The third-order valence-electron chi connectivity index (χ3n) is 3.59. The number of hydrogen-bond acceptors (Lipinski definition) is 3. The van der Waals surface area contributed by atoms with Gasteiger partial charge in [-0.25, -0.2) is 10.1 Å². The van der Waals surface area contributed by atoms with E-state index in [0.717, 1.165) is 11.4 Å². The molecule has 1 aromatic heterocycles. The maximum absolute atomic E-state index is 12.3. The highest BCUT2D eigenvalue weighted by atomic mass is 35.5. The van der Waals surface area contributed by atoms with E-state index in [9.17, 15) is 4.79 Å². The molecule has 0 aliphatic heterocycles. The summed E-state index contributed by atoms with van der Waals surface area (Å²) in [6.45, 7) is 1.83. The Hall–Kier alpha value is -2.63. The first-order chi connectivity index (χ1) is 12.1. The number of amides is 1. The Morgan fingerprint density at radius 2 is 1.96 bits per heavy atom. The van der Waals surface area contributed by atoms with Gasteiger partial charge in [-0.1, -0.05) is 47.5 Å². The maximum atomic E-state index is 12.3. The number of para-hydroxylation sites is 1. The van der Waals surface area contributed by atoms with E-state index in [2.05, 4.69) is 15.6 Å². The Balaban J connectivity index is 1.74. The number of carbonyl (C=O) groups is 1. The van der Waals surface area contributed by atoms with E-state index in [4.69, 9.17) is 23.2 Å². The number of nitrogens with zero attached hydrogens (tertiary/aromatic N) is 3. The molecule has 2 aromatic carbocycles. The van der Waals surface area contributed by atoms with Gasteiger partial charge in [-0.15, -0.1) is 0 Å². The number of halogens is 2. The summed E-state index contributed by atoms with van der Waals surface area (Å²) in [5, 5.41) is 9.20. The molecule has 0 atom stereocenters. The summed E-state index contributed by atoms with van der Waals surface area (Å²) in [6.07, 6.45) is 2.98. The van der Waals surface area contributed by atoms with Crippen LogP contribution in [-0.4, -0.2) is 21.9 Å². The second-order valence-corrected chi connectivity index (χ2v) is 6.10. The van der Waals surface area contributed by atoms with Gasteiger partial charge in [0.25, 0.3) is 5.91 Å². The van der Waals surface area contributed by atoms with Crippen LogP contribution in [0.3, 0.4) is 0 Å². The summed E-state index contributed by atoms with van der Waals surface area (Å²) in [5.41, 5.74) is 5.19. The van der Waals surface area contributed by atoms with Crippen LogP contribution >= 0.6 is 23.2 Å². The highest BCUT2D eigenvalue weighted by Gasteiger charge is 2.14. The molecule has 0 radical (unpaired) electrons. The van der Waals surface area contributed by atoms with Crippen LogP contribution in [0.4, 0.5) is 0 Å². The van der Waals surface area contributed by atoms with Gasteiger partial charge in [0.15, 0.2) is 0 Å². The first-order valence-electron chi connectivity index (χ1n) is 7.45. The van der Waals surface area contributed by atoms with Crippen molar-refractivity contribution in [1.29, 1.82) is 0 Å². The van der Waals surface area contributed by atoms with E-state index >= 15 is 0 Å². The molecule has 0 saturated heterocycles. The molecule has 0 aliphatic rings. The molecule has 7 heteroatoms. The molecule has 25 heavy (non-hydrogen) atoms. The van der Waals surface area contributed by atoms with Gasteiger partial charge in [-0.2, -0.15) is 10.2 Å². The van der Waals surface area contributed by atoms with Crippen LogP contribution < -0.4 is 5.43 Å². The standard InChI is InChI=1S/C18H14Cl2N4O/c1-12-16(11-22-24(12)15-5-3-2-4-6-15)18(25)23-21-10-13-7-8-14(19)9-17(13)20/h2-11H,1H3,(H,23,25). The van der Waals surface area contributed by atoms with E-state index < -0.39 is 0 Å². The third kappa shape index (κ3) is 3.90. The van der Waals surface area contributed by atoms with Crippen molar-refractivity contribution in [3.63, 3.8) is 0 Å². The van der Waals surface area contributed by atoms with Crippen LogP contribution in [0, 0.1) is 6.92 Å². The molecule has 0 fully saturated rings.